The van der Waals surface area contributed by atoms with E-state index in [1.54, 1.807) is 19.5 Å². The number of nitrogens with zero attached hydrogens (tertiary/aromatic N) is 4. The van der Waals surface area contributed by atoms with Crippen LogP contribution in [-0.2, 0) is 0 Å². The zero-order valence-electron chi connectivity index (χ0n) is 19.0. The van der Waals surface area contributed by atoms with Crippen molar-refractivity contribution in [3.63, 3.8) is 0 Å². The maximum atomic E-state index is 13.7. The van der Waals surface area contributed by atoms with Crippen molar-refractivity contribution in [2.24, 2.45) is 0 Å². The fourth-order valence-corrected chi connectivity index (χ4v) is 4.89. The normalized spacial score (nSPS) is 11.7. The van der Waals surface area contributed by atoms with Crippen LogP contribution < -0.4 is 4.74 Å². The molecule has 0 aliphatic carbocycles. The van der Waals surface area contributed by atoms with Crippen LogP contribution in [0.15, 0.2) is 115 Å². The lowest BCUT2D eigenvalue weighted by molar-refractivity contribution is 0.0989. The highest BCUT2D eigenvalue weighted by molar-refractivity contribution is 8.00. The van der Waals surface area contributed by atoms with E-state index < -0.39 is 5.25 Å². The van der Waals surface area contributed by atoms with Crippen molar-refractivity contribution < 1.29 is 9.53 Å². The smallest absolute Gasteiger partial charge is 0.197 e. The average Bonchev–Trinajstić information content (AvgIpc) is 3.36. The van der Waals surface area contributed by atoms with E-state index >= 15 is 0 Å². The Labute approximate surface area is 207 Å². The lowest BCUT2D eigenvalue weighted by atomic mass is 10.0. The number of carbonyl (C=O) groups is 1. The third kappa shape index (κ3) is 4.85. The van der Waals surface area contributed by atoms with Gasteiger partial charge >= 0.3 is 0 Å². The van der Waals surface area contributed by atoms with Crippen LogP contribution >= 0.6 is 11.8 Å². The minimum Gasteiger partial charge on any atom is -0.497 e. The molecule has 0 N–H and O–H groups in total. The number of benzene rings is 3. The number of thioether (sulfide) groups is 1. The Hall–Kier alpha value is -4.23. The molecule has 0 spiro atoms. The van der Waals surface area contributed by atoms with Crippen LogP contribution in [0.5, 0.6) is 5.75 Å². The lowest BCUT2D eigenvalue weighted by Gasteiger charge is -2.17. The third-order valence-corrected chi connectivity index (χ3v) is 6.72. The van der Waals surface area contributed by atoms with Crippen molar-refractivity contribution in [3.8, 4) is 22.8 Å². The molecule has 0 radical (unpaired) electrons. The number of ketones is 1. The fourth-order valence-electron chi connectivity index (χ4n) is 3.76. The summed E-state index contributed by atoms with van der Waals surface area (Å²) in [5.41, 5.74) is 3.30. The van der Waals surface area contributed by atoms with E-state index in [0.717, 1.165) is 22.6 Å². The molecule has 0 aliphatic heterocycles. The van der Waals surface area contributed by atoms with Gasteiger partial charge in [-0.3, -0.25) is 14.3 Å². The summed E-state index contributed by atoms with van der Waals surface area (Å²) < 4.78 is 7.30. The van der Waals surface area contributed by atoms with Gasteiger partial charge in [0.2, 0.25) is 0 Å². The van der Waals surface area contributed by atoms with Crippen molar-refractivity contribution in [1.82, 2.24) is 19.7 Å². The van der Waals surface area contributed by atoms with Crippen molar-refractivity contribution in [3.05, 3.63) is 121 Å². The minimum absolute atomic E-state index is 0.0107. The molecular weight excluding hydrogens is 456 g/mol. The number of methoxy groups -OCH3 is 1. The van der Waals surface area contributed by atoms with Crippen LogP contribution in [0.1, 0.15) is 21.2 Å². The van der Waals surface area contributed by atoms with Crippen molar-refractivity contribution in [1.29, 1.82) is 0 Å². The minimum atomic E-state index is -0.495. The molecule has 6 nitrogen and oxygen atoms in total. The summed E-state index contributed by atoms with van der Waals surface area (Å²) in [5, 5.41) is 9.15. The number of aromatic nitrogens is 4. The van der Waals surface area contributed by atoms with Gasteiger partial charge in [-0.05, 0) is 42.0 Å². The predicted octanol–water partition coefficient (Wildman–Crippen LogP) is 6.05. The number of rotatable bonds is 8. The van der Waals surface area contributed by atoms with Crippen molar-refractivity contribution in [2.75, 3.05) is 7.11 Å². The van der Waals surface area contributed by atoms with Gasteiger partial charge in [0.25, 0.3) is 0 Å². The van der Waals surface area contributed by atoms with Gasteiger partial charge in [-0.2, -0.15) is 0 Å². The molecular formula is C28H22N4O2S. The molecule has 5 aromatic rings. The Morgan fingerprint density at radius 1 is 0.829 bits per heavy atom. The monoisotopic (exact) mass is 478 g/mol. The van der Waals surface area contributed by atoms with E-state index in [0.29, 0.717) is 16.5 Å². The molecule has 0 fully saturated rings. The maximum absolute atomic E-state index is 13.7. The Kier molecular flexibility index (Phi) is 6.68. The SMILES string of the molecule is COc1ccc(-n2c(S[C@H](C(=O)c3ccccc3)c3ccccc3)nnc2-c2ccncc2)cc1. The summed E-state index contributed by atoms with van der Waals surface area (Å²) >= 11 is 1.38. The molecule has 1 atom stereocenters. The summed E-state index contributed by atoms with van der Waals surface area (Å²) in [4.78, 5) is 17.8. The van der Waals surface area contributed by atoms with Gasteiger partial charge in [0.1, 0.15) is 11.0 Å². The van der Waals surface area contributed by atoms with Gasteiger partial charge in [-0.25, -0.2) is 0 Å². The highest BCUT2D eigenvalue weighted by Crippen LogP contribution is 2.39. The van der Waals surface area contributed by atoms with Gasteiger partial charge in [-0.15, -0.1) is 10.2 Å². The molecule has 0 saturated heterocycles. The second-order valence-electron chi connectivity index (χ2n) is 7.71. The number of carbonyl (C=O) groups excluding carboxylic acids is 1. The van der Waals surface area contributed by atoms with E-state index in [4.69, 9.17) is 4.74 Å². The molecule has 172 valence electrons. The van der Waals surface area contributed by atoms with E-state index in [1.807, 2.05) is 102 Å². The molecule has 7 heteroatoms. The van der Waals surface area contributed by atoms with Crippen LogP contribution in [0.3, 0.4) is 0 Å². The summed E-state index contributed by atoms with van der Waals surface area (Å²) in [5.74, 6) is 1.43. The van der Waals surface area contributed by atoms with Crippen molar-refractivity contribution >= 4 is 17.5 Å². The Balaban J connectivity index is 1.62. The second kappa shape index (κ2) is 10.4. The topological polar surface area (TPSA) is 69.9 Å². The second-order valence-corrected chi connectivity index (χ2v) is 8.79. The molecule has 0 bridgehead atoms. The molecule has 2 aromatic heterocycles. The van der Waals surface area contributed by atoms with Gasteiger partial charge in [0.05, 0.1) is 7.11 Å². The molecule has 3 aromatic carbocycles. The van der Waals surface area contributed by atoms with E-state index in [2.05, 4.69) is 15.2 Å². The molecule has 35 heavy (non-hydrogen) atoms. The van der Waals surface area contributed by atoms with E-state index in [-0.39, 0.29) is 5.78 Å². The van der Waals surface area contributed by atoms with Gasteiger partial charge in [0, 0.05) is 29.2 Å². The van der Waals surface area contributed by atoms with Crippen LogP contribution in [-0.4, -0.2) is 32.6 Å². The number of ether oxygens (including phenoxy) is 1. The number of hydrogen-bond acceptors (Lipinski definition) is 6. The van der Waals surface area contributed by atoms with Crippen LogP contribution in [0.4, 0.5) is 0 Å². The summed E-state index contributed by atoms with van der Waals surface area (Å²) in [6, 6.07) is 30.6. The first-order chi connectivity index (χ1) is 17.2. The summed E-state index contributed by atoms with van der Waals surface area (Å²) in [6.45, 7) is 0. The zero-order chi connectivity index (χ0) is 24.0. The van der Waals surface area contributed by atoms with Crippen LogP contribution in [0, 0.1) is 0 Å². The quantitative estimate of drug-likeness (QED) is 0.200. The first-order valence-electron chi connectivity index (χ1n) is 11.1. The van der Waals surface area contributed by atoms with Crippen LogP contribution in [0.25, 0.3) is 17.1 Å². The molecule has 0 amide bonds. The average molecular weight is 479 g/mol. The molecule has 0 unspecified atom stereocenters. The fraction of sp³-hybridized carbons (Fsp3) is 0.0714. The predicted molar refractivity (Wildman–Crippen MR) is 137 cm³/mol. The summed E-state index contributed by atoms with van der Waals surface area (Å²) in [7, 11) is 1.64. The highest BCUT2D eigenvalue weighted by atomic mass is 32.2. The lowest BCUT2D eigenvalue weighted by Crippen LogP contribution is -2.11. The van der Waals surface area contributed by atoms with E-state index in [1.165, 1.54) is 11.8 Å². The number of Topliss-reactive ketones (excluding diaryl/α,β-unsaturated/α-hetero) is 1. The first-order valence-corrected chi connectivity index (χ1v) is 11.9. The van der Waals surface area contributed by atoms with Gasteiger partial charge in [-0.1, -0.05) is 72.4 Å². The highest BCUT2D eigenvalue weighted by Gasteiger charge is 2.27. The third-order valence-electron chi connectivity index (χ3n) is 5.52. The first kappa shape index (κ1) is 22.6. The van der Waals surface area contributed by atoms with E-state index in [9.17, 15) is 4.79 Å². The largest absolute Gasteiger partial charge is 0.497 e. The molecule has 5 rings (SSSR count). The molecule has 0 saturated carbocycles. The standard InChI is InChI=1S/C28H22N4O2S/c1-34-24-14-12-23(13-15-24)32-27(22-16-18-29-19-17-22)30-31-28(32)35-26(21-10-6-3-7-11-21)25(33)20-8-4-2-5-9-20/h2-19,26H,1H3/t26-/m0/s1. The van der Waals surface area contributed by atoms with Gasteiger partial charge < -0.3 is 4.74 Å². The van der Waals surface area contributed by atoms with Crippen LogP contribution in [0.2, 0.25) is 0 Å². The van der Waals surface area contributed by atoms with Crippen molar-refractivity contribution in [2.45, 2.75) is 10.4 Å². The Bertz CT molecular complexity index is 1410. The zero-order valence-corrected chi connectivity index (χ0v) is 19.8. The Morgan fingerprint density at radius 3 is 2.14 bits per heavy atom. The number of hydrogen-bond donors (Lipinski definition) is 0. The number of pyridine rings is 1. The molecule has 2 heterocycles. The van der Waals surface area contributed by atoms with Gasteiger partial charge in [0.15, 0.2) is 16.8 Å². The summed E-state index contributed by atoms with van der Waals surface area (Å²) in [6.07, 6.45) is 3.45. The molecule has 0 aliphatic rings. The Morgan fingerprint density at radius 2 is 1.49 bits per heavy atom. The maximum Gasteiger partial charge on any atom is 0.197 e.